The van der Waals surface area contributed by atoms with E-state index < -0.39 is 16.9 Å². The number of nitro groups is 1. The van der Waals surface area contributed by atoms with Crippen LogP contribution in [0, 0.1) is 17.0 Å². The van der Waals surface area contributed by atoms with E-state index in [1.165, 1.54) is 6.92 Å². The Bertz CT molecular complexity index is 731. The molecule has 0 bridgehead atoms. The van der Waals surface area contributed by atoms with Crippen LogP contribution in [-0.2, 0) is 0 Å². The average Bonchev–Trinajstić information content (AvgIpc) is 2.48. The first-order valence-electron chi connectivity index (χ1n) is 6.26. The first-order valence-corrected chi connectivity index (χ1v) is 6.26. The summed E-state index contributed by atoms with van der Waals surface area (Å²) in [5.41, 5.74) is 0.453. The lowest BCUT2D eigenvalue weighted by molar-refractivity contribution is -0.385. The Kier molecular flexibility index (Phi) is 4.42. The maximum atomic E-state index is 12.0. The van der Waals surface area contributed by atoms with Gasteiger partial charge < -0.3 is 5.32 Å². The molecule has 1 aromatic heterocycles. The fraction of sp³-hybridized carbons (Fsp3) is 0.0714. The molecule has 0 saturated heterocycles. The molecule has 0 atom stereocenters. The molecule has 0 saturated carbocycles. The molecular formula is C14H12N4O4. The highest BCUT2D eigenvalue weighted by molar-refractivity contribution is 6.08. The molecule has 22 heavy (non-hydrogen) atoms. The number of benzene rings is 1. The molecule has 0 aliphatic carbocycles. The molecule has 0 spiro atoms. The van der Waals surface area contributed by atoms with Crippen molar-refractivity contribution in [2.75, 3.05) is 5.32 Å². The summed E-state index contributed by atoms with van der Waals surface area (Å²) in [7, 11) is 0. The van der Waals surface area contributed by atoms with Gasteiger partial charge >= 0.3 is 6.03 Å². The van der Waals surface area contributed by atoms with Crippen molar-refractivity contribution in [1.29, 1.82) is 0 Å². The maximum absolute atomic E-state index is 12.0. The Morgan fingerprint density at radius 1 is 1.23 bits per heavy atom. The summed E-state index contributed by atoms with van der Waals surface area (Å²) >= 11 is 0. The zero-order valence-corrected chi connectivity index (χ0v) is 11.6. The van der Waals surface area contributed by atoms with Gasteiger partial charge in [0.1, 0.15) is 6.20 Å². The van der Waals surface area contributed by atoms with E-state index in [9.17, 15) is 19.7 Å². The van der Waals surface area contributed by atoms with E-state index in [0.717, 1.165) is 12.3 Å². The summed E-state index contributed by atoms with van der Waals surface area (Å²) in [6.45, 7) is 1.52. The lowest BCUT2D eigenvalue weighted by Gasteiger charge is -2.07. The average molecular weight is 300 g/mol. The smallest absolute Gasteiger partial charge is 0.308 e. The molecule has 0 radical (unpaired) electrons. The number of imide groups is 1. The van der Waals surface area contributed by atoms with E-state index in [2.05, 4.69) is 15.6 Å². The number of anilines is 1. The van der Waals surface area contributed by atoms with Crippen LogP contribution < -0.4 is 10.6 Å². The number of amides is 3. The van der Waals surface area contributed by atoms with E-state index in [1.54, 1.807) is 30.3 Å². The fourth-order valence-electron chi connectivity index (χ4n) is 1.71. The number of carbonyl (C=O) groups excluding carboxylic acids is 2. The van der Waals surface area contributed by atoms with Crippen molar-refractivity contribution in [2.24, 2.45) is 0 Å². The third-order valence-corrected chi connectivity index (χ3v) is 2.79. The van der Waals surface area contributed by atoms with Crippen molar-refractivity contribution < 1.29 is 14.5 Å². The highest BCUT2D eigenvalue weighted by Gasteiger charge is 2.17. The number of aromatic nitrogens is 1. The molecule has 0 unspecified atom stereocenters. The monoisotopic (exact) mass is 300 g/mol. The Labute approximate surface area is 125 Å². The van der Waals surface area contributed by atoms with Crippen LogP contribution in [-0.4, -0.2) is 21.8 Å². The molecule has 2 N–H and O–H groups in total. The first-order chi connectivity index (χ1) is 10.5. The highest BCUT2D eigenvalue weighted by atomic mass is 16.6. The Morgan fingerprint density at radius 3 is 2.55 bits per heavy atom. The number of carbonyl (C=O) groups is 2. The molecule has 3 amide bonds. The minimum absolute atomic E-state index is 0.0302. The van der Waals surface area contributed by atoms with Gasteiger partial charge in [-0.1, -0.05) is 18.2 Å². The first kappa shape index (κ1) is 15.1. The molecule has 0 fully saturated rings. The van der Waals surface area contributed by atoms with Gasteiger partial charge in [-0.3, -0.25) is 25.2 Å². The van der Waals surface area contributed by atoms with Crippen LogP contribution in [0.4, 0.5) is 16.2 Å². The largest absolute Gasteiger partial charge is 0.326 e. The highest BCUT2D eigenvalue weighted by Crippen LogP contribution is 2.14. The quantitative estimate of drug-likeness (QED) is 0.666. The molecule has 1 heterocycles. The molecule has 8 heteroatoms. The molecule has 2 aromatic rings. The number of hydrogen-bond acceptors (Lipinski definition) is 5. The summed E-state index contributed by atoms with van der Waals surface area (Å²) in [4.78, 5) is 37.6. The lowest BCUT2D eigenvalue weighted by Crippen LogP contribution is -2.34. The summed E-state index contributed by atoms with van der Waals surface area (Å²) in [5, 5.41) is 15.3. The number of nitrogens with one attached hydrogen (secondary N) is 2. The predicted molar refractivity (Wildman–Crippen MR) is 78.6 cm³/mol. The minimum Gasteiger partial charge on any atom is -0.308 e. The standard InChI is InChI=1S/C14H12N4O4/c1-9-12(7-11(8-15-9)18(21)22)13(19)17-14(20)16-10-5-3-2-4-6-10/h2-8H,1H3,(H2,16,17,19,20). The van der Waals surface area contributed by atoms with Gasteiger partial charge in [0.25, 0.3) is 11.6 Å². The van der Waals surface area contributed by atoms with Crippen molar-refractivity contribution in [2.45, 2.75) is 6.92 Å². The van der Waals surface area contributed by atoms with Crippen molar-refractivity contribution in [3.8, 4) is 0 Å². The topological polar surface area (TPSA) is 114 Å². The van der Waals surface area contributed by atoms with Gasteiger partial charge in [-0.15, -0.1) is 0 Å². The molecular weight excluding hydrogens is 288 g/mol. The molecule has 8 nitrogen and oxygen atoms in total. The second-order valence-electron chi connectivity index (χ2n) is 4.36. The number of hydrogen-bond donors (Lipinski definition) is 2. The van der Waals surface area contributed by atoms with Gasteiger partial charge in [0.15, 0.2) is 0 Å². The number of aryl methyl sites for hydroxylation is 1. The van der Waals surface area contributed by atoms with Crippen LogP contribution in [0.15, 0.2) is 42.6 Å². The van der Waals surface area contributed by atoms with Crippen LogP contribution in [0.3, 0.4) is 0 Å². The van der Waals surface area contributed by atoms with Crippen molar-refractivity contribution in [3.05, 3.63) is 64.0 Å². The van der Waals surface area contributed by atoms with Gasteiger partial charge in [0.2, 0.25) is 0 Å². The maximum Gasteiger partial charge on any atom is 0.326 e. The van der Waals surface area contributed by atoms with Crippen LogP contribution in [0.5, 0.6) is 0 Å². The number of nitrogens with zero attached hydrogens (tertiary/aromatic N) is 2. The van der Waals surface area contributed by atoms with E-state index >= 15 is 0 Å². The lowest BCUT2D eigenvalue weighted by atomic mass is 10.2. The van der Waals surface area contributed by atoms with E-state index in [0.29, 0.717) is 5.69 Å². The molecule has 2 rings (SSSR count). The summed E-state index contributed by atoms with van der Waals surface area (Å²) in [6, 6.07) is 8.90. The van der Waals surface area contributed by atoms with E-state index in [4.69, 9.17) is 0 Å². The second kappa shape index (κ2) is 6.44. The fourth-order valence-corrected chi connectivity index (χ4v) is 1.71. The van der Waals surface area contributed by atoms with Crippen LogP contribution in [0.2, 0.25) is 0 Å². The summed E-state index contributed by atoms with van der Waals surface area (Å²) < 4.78 is 0. The summed E-state index contributed by atoms with van der Waals surface area (Å²) in [5.74, 6) is -0.762. The molecule has 1 aromatic carbocycles. The van der Waals surface area contributed by atoms with Crippen molar-refractivity contribution >= 4 is 23.3 Å². The Balaban J connectivity index is 2.10. The van der Waals surface area contributed by atoms with Gasteiger partial charge in [-0.25, -0.2) is 4.79 Å². The third-order valence-electron chi connectivity index (χ3n) is 2.79. The second-order valence-corrected chi connectivity index (χ2v) is 4.36. The zero-order valence-electron chi connectivity index (χ0n) is 11.6. The SMILES string of the molecule is Cc1ncc([N+](=O)[O-])cc1C(=O)NC(=O)Nc1ccccc1. The Hall–Kier alpha value is -3.29. The van der Waals surface area contributed by atoms with Gasteiger partial charge in [-0.2, -0.15) is 0 Å². The van der Waals surface area contributed by atoms with Gasteiger partial charge in [-0.05, 0) is 19.1 Å². The van der Waals surface area contributed by atoms with Gasteiger partial charge in [0, 0.05) is 11.8 Å². The Morgan fingerprint density at radius 2 is 1.91 bits per heavy atom. The van der Waals surface area contributed by atoms with Gasteiger partial charge in [0.05, 0.1) is 16.2 Å². The normalized spacial score (nSPS) is 9.86. The molecule has 112 valence electrons. The number of urea groups is 1. The summed E-state index contributed by atoms with van der Waals surface area (Å²) in [6.07, 6.45) is 1.05. The minimum atomic E-state index is -0.762. The number of pyridine rings is 1. The number of rotatable bonds is 3. The third kappa shape index (κ3) is 3.63. The van der Waals surface area contributed by atoms with Crippen LogP contribution in [0.25, 0.3) is 0 Å². The molecule has 0 aliphatic rings. The van der Waals surface area contributed by atoms with Crippen LogP contribution >= 0.6 is 0 Å². The zero-order chi connectivity index (χ0) is 16.1. The van der Waals surface area contributed by atoms with Crippen molar-refractivity contribution in [1.82, 2.24) is 10.3 Å². The molecule has 0 aliphatic heterocycles. The predicted octanol–water partition coefficient (Wildman–Crippen LogP) is 2.26. The van der Waals surface area contributed by atoms with Crippen LogP contribution in [0.1, 0.15) is 16.1 Å². The van der Waals surface area contributed by atoms with Crippen molar-refractivity contribution in [3.63, 3.8) is 0 Å². The van der Waals surface area contributed by atoms with E-state index in [-0.39, 0.29) is 16.9 Å². The van der Waals surface area contributed by atoms with E-state index in [1.807, 2.05) is 0 Å². The number of para-hydroxylation sites is 1.